The quantitative estimate of drug-likeness (QED) is 0.138. The third kappa shape index (κ3) is 5.69. The summed E-state index contributed by atoms with van der Waals surface area (Å²) in [7, 11) is 0. The Morgan fingerprint density at radius 1 is 1.02 bits per heavy atom. The van der Waals surface area contributed by atoms with E-state index in [9.17, 15) is 25.0 Å². The van der Waals surface area contributed by atoms with Crippen LogP contribution >= 0.6 is 11.6 Å². The fourth-order valence-corrected chi connectivity index (χ4v) is 5.08. The van der Waals surface area contributed by atoms with E-state index in [0.29, 0.717) is 22.3 Å². The number of nitro groups is 2. The molecule has 4 aromatic rings. The van der Waals surface area contributed by atoms with Gasteiger partial charge < -0.3 is 4.74 Å². The van der Waals surface area contributed by atoms with Gasteiger partial charge in [0.05, 0.1) is 27.0 Å². The van der Waals surface area contributed by atoms with Gasteiger partial charge in [-0.3, -0.25) is 25.0 Å². The van der Waals surface area contributed by atoms with E-state index in [1.807, 2.05) is 6.07 Å². The van der Waals surface area contributed by atoms with Crippen LogP contribution in [0, 0.1) is 20.2 Å². The van der Waals surface area contributed by atoms with Crippen molar-refractivity contribution >= 4 is 40.1 Å². The highest BCUT2D eigenvalue weighted by Gasteiger charge is 2.24. The van der Waals surface area contributed by atoms with Crippen molar-refractivity contribution in [1.29, 1.82) is 0 Å². The molecule has 0 amide bonds. The van der Waals surface area contributed by atoms with Crippen LogP contribution in [0.15, 0.2) is 70.6 Å². The molecule has 11 nitrogen and oxygen atoms in total. The molecule has 0 unspecified atom stereocenters. The van der Waals surface area contributed by atoms with Crippen LogP contribution in [0.2, 0.25) is 5.02 Å². The summed E-state index contributed by atoms with van der Waals surface area (Å²) in [5.41, 5.74) is 0.532. The minimum Gasteiger partial charge on any atom is -0.481 e. The third-order valence-corrected chi connectivity index (χ3v) is 7.07. The molecule has 40 heavy (non-hydrogen) atoms. The number of nitro benzene ring substituents is 2. The molecule has 1 aromatic heterocycles. The number of fused-ring (bicyclic) bond motifs is 1. The van der Waals surface area contributed by atoms with E-state index in [2.05, 4.69) is 5.10 Å². The second kappa shape index (κ2) is 11.6. The van der Waals surface area contributed by atoms with Gasteiger partial charge in [-0.05, 0) is 48.7 Å². The van der Waals surface area contributed by atoms with Crippen LogP contribution in [0.25, 0.3) is 10.9 Å². The molecular formula is C28H24ClN5O6. The second-order valence-corrected chi connectivity index (χ2v) is 9.93. The zero-order valence-corrected chi connectivity index (χ0v) is 22.0. The molecule has 0 N–H and O–H groups in total. The Hall–Kier alpha value is -4.64. The van der Waals surface area contributed by atoms with Crippen LogP contribution in [0.1, 0.15) is 55.0 Å². The van der Waals surface area contributed by atoms with Gasteiger partial charge in [0.2, 0.25) is 5.75 Å². The molecule has 0 aliphatic heterocycles. The van der Waals surface area contributed by atoms with E-state index >= 15 is 0 Å². The van der Waals surface area contributed by atoms with Gasteiger partial charge in [-0.2, -0.15) is 9.78 Å². The van der Waals surface area contributed by atoms with Gasteiger partial charge in [-0.1, -0.05) is 43.0 Å². The van der Waals surface area contributed by atoms with Crippen molar-refractivity contribution in [3.8, 4) is 5.75 Å². The number of halogens is 1. The highest BCUT2D eigenvalue weighted by molar-refractivity contribution is 6.31. The van der Waals surface area contributed by atoms with E-state index in [0.717, 1.165) is 32.1 Å². The lowest BCUT2D eigenvalue weighted by atomic mass is 9.88. The van der Waals surface area contributed by atoms with Gasteiger partial charge in [0.25, 0.3) is 11.2 Å². The maximum atomic E-state index is 13.5. The van der Waals surface area contributed by atoms with Crippen molar-refractivity contribution in [2.45, 2.75) is 44.6 Å². The summed E-state index contributed by atoms with van der Waals surface area (Å²) in [6, 6.07) is 15.3. The molecule has 0 radical (unpaired) electrons. The number of para-hydroxylation sites is 1. The van der Waals surface area contributed by atoms with Gasteiger partial charge >= 0.3 is 5.69 Å². The summed E-state index contributed by atoms with van der Waals surface area (Å²) in [4.78, 5) is 40.0. The normalized spacial score (nSPS) is 14.0. The fraction of sp³-hybridized carbons (Fsp3) is 0.250. The summed E-state index contributed by atoms with van der Waals surface area (Å²) in [6.07, 6.45) is 6.25. The van der Waals surface area contributed by atoms with Crippen LogP contribution < -0.4 is 10.3 Å². The van der Waals surface area contributed by atoms with Gasteiger partial charge in [0.15, 0.2) is 0 Å². The predicted octanol–water partition coefficient (Wildman–Crippen LogP) is 6.38. The lowest BCUT2D eigenvalue weighted by Gasteiger charge is -2.22. The van der Waals surface area contributed by atoms with Crippen molar-refractivity contribution < 1.29 is 14.6 Å². The Morgan fingerprint density at radius 2 is 1.75 bits per heavy atom. The summed E-state index contributed by atoms with van der Waals surface area (Å²) < 4.78 is 7.11. The standard InChI is InChI=1S/C28H24ClN5O6/c29-21-14-20(26(25(15-21)34(38)39)40-17-18-10-12-22(13-11-18)33(36)37)16-30-32-27(19-6-2-1-3-7-19)31-24-9-5-4-8-23(24)28(32)35/h4-5,8-16,19H,1-3,6-7,17H2. The molecular weight excluding hydrogens is 538 g/mol. The molecule has 3 aromatic carbocycles. The molecule has 0 atom stereocenters. The van der Waals surface area contributed by atoms with Crippen molar-refractivity contribution in [1.82, 2.24) is 9.66 Å². The molecule has 5 rings (SSSR count). The topological polar surface area (TPSA) is 143 Å². The zero-order chi connectivity index (χ0) is 28.2. The van der Waals surface area contributed by atoms with E-state index in [1.165, 1.54) is 47.3 Å². The first-order chi connectivity index (χ1) is 19.3. The maximum absolute atomic E-state index is 13.5. The van der Waals surface area contributed by atoms with Crippen LogP contribution in [-0.2, 0) is 6.61 Å². The van der Waals surface area contributed by atoms with Gasteiger partial charge in [-0.15, -0.1) is 0 Å². The zero-order valence-electron chi connectivity index (χ0n) is 21.2. The smallest absolute Gasteiger partial charge is 0.313 e. The average molecular weight is 562 g/mol. The minimum absolute atomic E-state index is 0.0507. The first-order valence-corrected chi connectivity index (χ1v) is 13.1. The molecule has 1 aliphatic carbocycles. The monoisotopic (exact) mass is 561 g/mol. The van der Waals surface area contributed by atoms with Gasteiger partial charge in [0, 0.05) is 34.7 Å². The second-order valence-electron chi connectivity index (χ2n) is 9.50. The molecule has 0 spiro atoms. The van der Waals surface area contributed by atoms with Crippen molar-refractivity contribution in [3.05, 3.63) is 113 Å². The lowest BCUT2D eigenvalue weighted by molar-refractivity contribution is -0.386. The highest BCUT2D eigenvalue weighted by atomic mass is 35.5. The Balaban J connectivity index is 1.56. The molecule has 1 heterocycles. The summed E-state index contributed by atoms with van der Waals surface area (Å²) in [5, 5.41) is 27.8. The highest BCUT2D eigenvalue weighted by Crippen LogP contribution is 2.35. The molecule has 1 aliphatic rings. The number of benzene rings is 3. The number of rotatable bonds is 8. The number of nitrogens with zero attached hydrogens (tertiary/aromatic N) is 5. The predicted molar refractivity (Wildman–Crippen MR) is 150 cm³/mol. The van der Waals surface area contributed by atoms with Crippen molar-refractivity contribution in [2.24, 2.45) is 5.10 Å². The first-order valence-electron chi connectivity index (χ1n) is 12.7. The van der Waals surface area contributed by atoms with E-state index in [1.54, 1.807) is 18.2 Å². The number of non-ortho nitro benzene ring substituents is 1. The van der Waals surface area contributed by atoms with E-state index < -0.39 is 9.85 Å². The Kier molecular flexibility index (Phi) is 7.83. The lowest BCUT2D eigenvalue weighted by Crippen LogP contribution is -2.25. The number of hydrogen-bond acceptors (Lipinski definition) is 8. The van der Waals surface area contributed by atoms with E-state index in [4.69, 9.17) is 21.3 Å². The Bertz CT molecular complexity index is 1680. The van der Waals surface area contributed by atoms with E-state index in [-0.39, 0.29) is 45.8 Å². The Labute approximate surface area is 233 Å². The van der Waals surface area contributed by atoms with Gasteiger partial charge in [-0.25, -0.2) is 4.98 Å². The van der Waals surface area contributed by atoms with Crippen LogP contribution in [0.3, 0.4) is 0 Å². The summed E-state index contributed by atoms with van der Waals surface area (Å²) in [6.45, 7) is -0.105. The minimum atomic E-state index is -0.619. The fourth-order valence-electron chi connectivity index (χ4n) is 4.86. The first kappa shape index (κ1) is 26.9. The maximum Gasteiger partial charge on any atom is 0.313 e. The Morgan fingerprint density at radius 3 is 2.45 bits per heavy atom. The largest absolute Gasteiger partial charge is 0.481 e. The van der Waals surface area contributed by atoms with Crippen LogP contribution in [0.5, 0.6) is 5.75 Å². The third-order valence-electron chi connectivity index (χ3n) is 6.85. The van der Waals surface area contributed by atoms with Crippen LogP contribution in [-0.4, -0.2) is 25.7 Å². The SMILES string of the molecule is O=c1c2ccccc2nc(C2CCCCC2)n1N=Cc1cc(Cl)cc([N+](=O)[O-])c1OCc1ccc([N+](=O)[O-])cc1. The number of aromatic nitrogens is 2. The molecule has 12 heteroatoms. The summed E-state index contributed by atoms with van der Waals surface area (Å²) >= 11 is 6.21. The average Bonchev–Trinajstić information content (AvgIpc) is 2.96. The van der Waals surface area contributed by atoms with Crippen LogP contribution in [0.4, 0.5) is 11.4 Å². The summed E-state index contributed by atoms with van der Waals surface area (Å²) in [5.74, 6) is 0.497. The molecule has 0 bridgehead atoms. The molecule has 1 fully saturated rings. The van der Waals surface area contributed by atoms with Gasteiger partial charge in [0.1, 0.15) is 12.4 Å². The molecule has 1 saturated carbocycles. The molecule has 0 saturated heterocycles. The number of ether oxygens (including phenoxy) is 1. The molecule has 204 valence electrons. The van der Waals surface area contributed by atoms with Crippen molar-refractivity contribution in [2.75, 3.05) is 0 Å². The number of hydrogen-bond donors (Lipinski definition) is 0. The van der Waals surface area contributed by atoms with Crippen molar-refractivity contribution in [3.63, 3.8) is 0 Å².